The van der Waals surface area contributed by atoms with E-state index in [4.69, 9.17) is 17.3 Å². The van der Waals surface area contributed by atoms with Crippen LogP contribution >= 0.6 is 11.6 Å². The Morgan fingerprint density at radius 3 is 2.37 bits per heavy atom. The second kappa shape index (κ2) is 5.23. The van der Waals surface area contributed by atoms with Gasteiger partial charge in [-0.2, -0.15) is 13.2 Å². The predicted molar refractivity (Wildman–Crippen MR) is 69.8 cm³/mol. The first-order chi connectivity index (χ1) is 8.91. The van der Waals surface area contributed by atoms with Crippen molar-refractivity contribution in [2.75, 3.05) is 0 Å². The van der Waals surface area contributed by atoms with Crippen molar-refractivity contribution in [2.45, 2.75) is 12.7 Å². The minimum Gasteiger partial charge on any atom is -0.326 e. The maximum atomic E-state index is 13.0. The molecule has 2 aromatic carbocycles. The number of benzene rings is 2. The van der Waals surface area contributed by atoms with Gasteiger partial charge >= 0.3 is 6.18 Å². The summed E-state index contributed by atoms with van der Waals surface area (Å²) < 4.78 is 38.9. The summed E-state index contributed by atoms with van der Waals surface area (Å²) in [7, 11) is 0. The standard InChI is InChI=1S/C14H11ClF3N/c15-11-6-9(8-19)5-10(7-11)12-3-1-2-4-13(12)14(16,17)18/h1-7H,8,19H2. The summed E-state index contributed by atoms with van der Waals surface area (Å²) in [5.41, 5.74) is 6.04. The van der Waals surface area contributed by atoms with Gasteiger partial charge in [0.1, 0.15) is 0 Å². The molecule has 0 radical (unpaired) electrons. The Labute approximate surface area is 113 Å². The molecule has 19 heavy (non-hydrogen) atoms. The normalized spacial score (nSPS) is 11.6. The number of rotatable bonds is 2. The van der Waals surface area contributed by atoms with E-state index in [9.17, 15) is 13.2 Å². The molecule has 0 atom stereocenters. The fraction of sp³-hybridized carbons (Fsp3) is 0.143. The van der Waals surface area contributed by atoms with Gasteiger partial charge in [-0.1, -0.05) is 29.8 Å². The third-order valence-corrected chi connectivity index (χ3v) is 2.95. The van der Waals surface area contributed by atoms with Gasteiger partial charge in [0.15, 0.2) is 0 Å². The second-order valence-corrected chi connectivity index (χ2v) is 4.53. The smallest absolute Gasteiger partial charge is 0.326 e. The van der Waals surface area contributed by atoms with E-state index in [1.54, 1.807) is 18.2 Å². The van der Waals surface area contributed by atoms with Crippen molar-refractivity contribution >= 4 is 11.6 Å². The Morgan fingerprint density at radius 2 is 1.74 bits per heavy atom. The fourth-order valence-electron chi connectivity index (χ4n) is 1.91. The van der Waals surface area contributed by atoms with E-state index >= 15 is 0 Å². The van der Waals surface area contributed by atoms with Crippen molar-refractivity contribution < 1.29 is 13.2 Å². The quantitative estimate of drug-likeness (QED) is 0.865. The lowest BCUT2D eigenvalue weighted by molar-refractivity contribution is -0.137. The van der Waals surface area contributed by atoms with E-state index in [-0.39, 0.29) is 12.1 Å². The lowest BCUT2D eigenvalue weighted by Gasteiger charge is -2.13. The van der Waals surface area contributed by atoms with Crippen molar-refractivity contribution in [3.05, 3.63) is 58.6 Å². The third kappa shape index (κ3) is 3.08. The summed E-state index contributed by atoms with van der Waals surface area (Å²) in [5, 5.41) is 0.370. The van der Waals surface area contributed by atoms with Crippen LogP contribution in [0.15, 0.2) is 42.5 Å². The largest absolute Gasteiger partial charge is 0.417 e. The van der Waals surface area contributed by atoms with Crippen LogP contribution in [0.5, 0.6) is 0 Å². The zero-order valence-corrected chi connectivity index (χ0v) is 10.6. The van der Waals surface area contributed by atoms with Gasteiger partial charge in [-0.15, -0.1) is 0 Å². The SMILES string of the molecule is NCc1cc(Cl)cc(-c2ccccc2C(F)(F)F)c1. The van der Waals surface area contributed by atoms with Crippen LogP contribution in [-0.4, -0.2) is 0 Å². The highest BCUT2D eigenvalue weighted by Crippen LogP contribution is 2.37. The van der Waals surface area contributed by atoms with Gasteiger partial charge in [0.25, 0.3) is 0 Å². The summed E-state index contributed by atoms with van der Waals surface area (Å²) in [4.78, 5) is 0. The summed E-state index contributed by atoms with van der Waals surface area (Å²) in [6.45, 7) is 0.224. The molecule has 1 nitrogen and oxygen atoms in total. The van der Waals surface area contributed by atoms with E-state index < -0.39 is 11.7 Å². The molecule has 0 amide bonds. The van der Waals surface area contributed by atoms with Gasteiger partial charge in [-0.05, 0) is 41.0 Å². The molecule has 5 heteroatoms. The Balaban J connectivity index is 2.62. The molecule has 2 N–H and O–H groups in total. The molecular formula is C14H11ClF3N. The molecule has 0 saturated carbocycles. The van der Waals surface area contributed by atoms with E-state index in [0.717, 1.165) is 6.07 Å². The number of nitrogens with two attached hydrogens (primary N) is 1. The third-order valence-electron chi connectivity index (χ3n) is 2.74. The minimum atomic E-state index is -4.40. The van der Waals surface area contributed by atoms with Crippen LogP contribution in [0.4, 0.5) is 13.2 Å². The molecule has 2 rings (SSSR count). The zero-order chi connectivity index (χ0) is 14.0. The molecular weight excluding hydrogens is 275 g/mol. The lowest BCUT2D eigenvalue weighted by atomic mass is 9.98. The van der Waals surface area contributed by atoms with Crippen LogP contribution in [0.25, 0.3) is 11.1 Å². The molecule has 0 aliphatic rings. The average molecular weight is 286 g/mol. The van der Waals surface area contributed by atoms with Crippen LogP contribution in [0, 0.1) is 0 Å². The average Bonchev–Trinajstić information content (AvgIpc) is 2.37. The van der Waals surface area contributed by atoms with Gasteiger partial charge in [0.05, 0.1) is 5.56 Å². The van der Waals surface area contributed by atoms with E-state index in [1.807, 2.05) is 0 Å². The first kappa shape index (κ1) is 13.9. The molecule has 100 valence electrons. The van der Waals surface area contributed by atoms with Gasteiger partial charge in [-0.3, -0.25) is 0 Å². The molecule has 0 saturated heterocycles. The van der Waals surface area contributed by atoms with Gasteiger partial charge in [-0.25, -0.2) is 0 Å². The molecule has 0 spiro atoms. The van der Waals surface area contributed by atoms with Crippen molar-refractivity contribution in [2.24, 2.45) is 5.73 Å². The first-order valence-corrected chi connectivity index (χ1v) is 5.96. The summed E-state index contributed by atoms with van der Waals surface area (Å²) in [5.74, 6) is 0. The zero-order valence-electron chi connectivity index (χ0n) is 9.84. The van der Waals surface area contributed by atoms with Crippen LogP contribution < -0.4 is 5.73 Å². The predicted octanol–water partition coefficient (Wildman–Crippen LogP) is 4.48. The molecule has 0 aliphatic heterocycles. The highest BCUT2D eigenvalue weighted by molar-refractivity contribution is 6.31. The van der Waals surface area contributed by atoms with Gasteiger partial charge in [0, 0.05) is 11.6 Å². The first-order valence-electron chi connectivity index (χ1n) is 5.58. The van der Waals surface area contributed by atoms with Gasteiger partial charge in [0.2, 0.25) is 0 Å². The van der Waals surface area contributed by atoms with Crippen LogP contribution in [0.1, 0.15) is 11.1 Å². The maximum absolute atomic E-state index is 13.0. The Bertz CT molecular complexity index is 593. The highest BCUT2D eigenvalue weighted by atomic mass is 35.5. The molecule has 0 unspecified atom stereocenters. The summed E-state index contributed by atoms with van der Waals surface area (Å²) in [6, 6.07) is 10.2. The lowest BCUT2D eigenvalue weighted by Crippen LogP contribution is -2.07. The second-order valence-electron chi connectivity index (χ2n) is 4.10. The van der Waals surface area contributed by atoms with Gasteiger partial charge < -0.3 is 5.73 Å². The Morgan fingerprint density at radius 1 is 1.05 bits per heavy atom. The molecule has 2 aromatic rings. The highest BCUT2D eigenvalue weighted by Gasteiger charge is 2.33. The Kier molecular flexibility index (Phi) is 3.83. The van der Waals surface area contributed by atoms with Crippen LogP contribution in [0.3, 0.4) is 0 Å². The number of halogens is 4. The van der Waals surface area contributed by atoms with Crippen LogP contribution in [-0.2, 0) is 12.7 Å². The molecule has 0 bridgehead atoms. The molecule has 0 aromatic heterocycles. The van der Waals surface area contributed by atoms with E-state index in [1.165, 1.54) is 18.2 Å². The van der Waals surface area contributed by atoms with Crippen molar-refractivity contribution in [1.29, 1.82) is 0 Å². The fourth-order valence-corrected chi connectivity index (χ4v) is 2.16. The van der Waals surface area contributed by atoms with Crippen molar-refractivity contribution in [3.63, 3.8) is 0 Å². The Hall–Kier alpha value is -1.52. The molecule has 0 aliphatic carbocycles. The van der Waals surface area contributed by atoms with E-state index in [2.05, 4.69) is 0 Å². The number of hydrogen-bond acceptors (Lipinski definition) is 1. The topological polar surface area (TPSA) is 26.0 Å². The maximum Gasteiger partial charge on any atom is 0.417 e. The van der Waals surface area contributed by atoms with Crippen molar-refractivity contribution in [1.82, 2.24) is 0 Å². The summed E-state index contributed by atoms with van der Waals surface area (Å²) >= 11 is 5.91. The van der Waals surface area contributed by atoms with Crippen molar-refractivity contribution in [3.8, 4) is 11.1 Å². The monoisotopic (exact) mass is 285 g/mol. The molecule has 0 fully saturated rings. The van der Waals surface area contributed by atoms with E-state index in [0.29, 0.717) is 16.1 Å². The number of alkyl halides is 3. The molecule has 0 heterocycles. The minimum absolute atomic E-state index is 0.104. The summed E-state index contributed by atoms with van der Waals surface area (Å²) in [6.07, 6.45) is -4.40. The van der Waals surface area contributed by atoms with Crippen LogP contribution in [0.2, 0.25) is 5.02 Å². The number of hydrogen-bond donors (Lipinski definition) is 1.